The van der Waals surface area contributed by atoms with Crippen molar-refractivity contribution in [1.82, 2.24) is 5.32 Å². The largest absolute Gasteiger partial charge is 0.459 e. The van der Waals surface area contributed by atoms with Gasteiger partial charge in [0.05, 0.1) is 23.2 Å². The Balaban J connectivity index is 1.34. The van der Waals surface area contributed by atoms with E-state index in [1.165, 1.54) is 29.6 Å². The highest BCUT2D eigenvalue weighted by Gasteiger charge is 2.30. The van der Waals surface area contributed by atoms with Gasteiger partial charge >= 0.3 is 6.18 Å². The Hall–Kier alpha value is -4.73. The van der Waals surface area contributed by atoms with Gasteiger partial charge in [-0.2, -0.15) is 13.2 Å². The van der Waals surface area contributed by atoms with Crippen LogP contribution in [0, 0.1) is 6.92 Å². The van der Waals surface area contributed by atoms with Gasteiger partial charge in [0.15, 0.2) is 5.76 Å². The summed E-state index contributed by atoms with van der Waals surface area (Å²) in [6.07, 6.45) is -3.07. The van der Waals surface area contributed by atoms with Crippen LogP contribution in [0.25, 0.3) is 0 Å². The van der Waals surface area contributed by atoms with Crippen molar-refractivity contribution < 1.29 is 27.2 Å². The van der Waals surface area contributed by atoms with Gasteiger partial charge in [-0.1, -0.05) is 30.3 Å². The molecule has 5 rings (SSSR count). The average Bonchev–Trinajstić information content (AvgIpc) is 3.52. The van der Waals surface area contributed by atoms with Crippen molar-refractivity contribution in [3.8, 4) is 0 Å². The van der Waals surface area contributed by atoms with Crippen molar-refractivity contribution in [3.63, 3.8) is 0 Å². The molecule has 0 unspecified atom stereocenters. The number of piperazine rings is 1. The van der Waals surface area contributed by atoms with Crippen molar-refractivity contribution in [2.75, 3.05) is 41.3 Å². The molecule has 2 N–H and O–H groups in total. The summed E-state index contributed by atoms with van der Waals surface area (Å²) in [5.41, 5.74) is 3.38. The number of carbonyl (C=O) groups is 2. The molecule has 0 radical (unpaired) electrons. The van der Waals surface area contributed by atoms with E-state index in [-0.39, 0.29) is 17.9 Å². The minimum atomic E-state index is -4.47. The molecule has 7 nitrogen and oxygen atoms in total. The maximum absolute atomic E-state index is 13.1. The fourth-order valence-corrected chi connectivity index (χ4v) is 4.89. The van der Waals surface area contributed by atoms with Gasteiger partial charge in [-0.3, -0.25) is 9.59 Å². The number of nitrogens with one attached hydrogen (secondary N) is 2. The van der Waals surface area contributed by atoms with E-state index in [1.807, 2.05) is 12.1 Å². The highest BCUT2D eigenvalue weighted by atomic mass is 19.4. The third kappa shape index (κ3) is 6.54. The maximum Gasteiger partial charge on any atom is 0.416 e. The number of hydrogen-bond acceptors (Lipinski definition) is 5. The lowest BCUT2D eigenvalue weighted by atomic mass is 10.1. The second kappa shape index (κ2) is 11.8. The van der Waals surface area contributed by atoms with Crippen molar-refractivity contribution in [3.05, 3.63) is 113 Å². The van der Waals surface area contributed by atoms with Crippen LogP contribution in [0.15, 0.2) is 89.5 Å². The van der Waals surface area contributed by atoms with Crippen LogP contribution < -0.4 is 20.4 Å². The Morgan fingerprint density at radius 2 is 1.56 bits per heavy atom. The van der Waals surface area contributed by atoms with Crippen LogP contribution in [-0.2, 0) is 12.7 Å². The van der Waals surface area contributed by atoms with E-state index in [1.54, 1.807) is 30.3 Å². The van der Waals surface area contributed by atoms with Crippen LogP contribution in [0.2, 0.25) is 0 Å². The predicted octanol–water partition coefficient (Wildman–Crippen LogP) is 6.12. The van der Waals surface area contributed by atoms with E-state index in [0.29, 0.717) is 24.3 Å². The molecule has 2 amide bonds. The molecule has 1 aromatic heterocycles. The number of rotatable bonds is 7. The van der Waals surface area contributed by atoms with Crippen molar-refractivity contribution >= 4 is 28.9 Å². The topological polar surface area (TPSA) is 77.8 Å². The van der Waals surface area contributed by atoms with Gasteiger partial charge in [-0.25, -0.2) is 0 Å². The monoisotopic (exact) mass is 562 g/mol. The first-order valence-corrected chi connectivity index (χ1v) is 13.2. The zero-order valence-corrected chi connectivity index (χ0v) is 22.4. The molecule has 3 aromatic carbocycles. The molecule has 4 aromatic rings. The predicted molar refractivity (Wildman–Crippen MR) is 151 cm³/mol. The highest BCUT2D eigenvalue weighted by Crippen LogP contribution is 2.31. The number of amides is 2. The molecule has 0 atom stereocenters. The molecule has 1 saturated heterocycles. The number of furan rings is 1. The quantitative estimate of drug-likeness (QED) is 0.284. The van der Waals surface area contributed by atoms with Crippen LogP contribution in [0.1, 0.15) is 37.6 Å². The number of carbonyl (C=O) groups excluding carboxylic acids is 2. The van der Waals surface area contributed by atoms with Crippen LogP contribution in [0.3, 0.4) is 0 Å². The van der Waals surface area contributed by atoms with E-state index >= 15 is 0 Å². The third-order valence-electron chi connectivity index (χ3n) is 7.04. The molecular weight excluding hydrogens is 533 g/mol. The molecule has 10 heteroatoms. The van der Waals surface area contributed by atoms with Crippen molar-refractivity contribution in [2.45, 2.75) is 19.6 Å². The van der Waals surface area contributed by atoms with Gasteiger partial charge in [0.1, 0.15) is 0 Å². The molecule has 0 bridgehead atoms. The standard InChI is InChI=1S/C31H29F3N4O3/c1-21-6-2-3-9-26(21)37-13-15-38(16-14-37)27-12-11-23(19-25(27)36-30(40)28-10-5-17-41-28)29(39)35-20-22-7-4-8-24(18-22)31(32,33)34/h2-12,17-19H,13-16,20H2,1H3,(H,35,39)(H,36,40). The molecule has 212 valence electrons. The van der Waals surface area contributed by atoms with E-state index in [0.717, 1.165) is 30.9 Å². The summed E-state index contributed by atoms with van der Waals surface area (Å²) in [6, 6.07) is 21.2. The Bertz CT molecular complexity index is 1530. The number of anilines is 3. The summed E-state index contributed by atoms with van der Waals surface area (Å²) in [5, 5.41) is 5.53. The van der Waals surface area contributed by atoms with Gasteiger partial charge in [0.25, 0.3) is 11.8 Å². The van der Waals surface area contributed by atoms with Crippen LogP contribution in [0.5, 0.6) is 0 Å². The number of nitrogens with zero attached hydrogens (tertiary/aromatic N) is 2. The van der Waals surface area contributed by atoms with Crippen molar-refractivity contribution in [2.24, 2.45) is 0 Å². The Kier molecular flexibility index (Phi) is 8.00. The van der Waals surface area contributed by atoms with Gasteiger partial charge in [-0.15, -0.1) is 0 Å². The van der Waals surface area contributed by atoms with Crippen LogP contribution >= 0.6 is 0 Å². The summed E-state index contributed by atoms with van der Waals surface area (Å²) in [6.45, 7) is 4.93. The normalized spacial score (nSPS) is 13.7. The molecule has 2 heterocycles. The summed E-state index contributed by atoms with van der Waals surface area (Å²) < 4.78 is 44.4. The molecule has 1 fully saturated rings. The molecule has 1 aliphatic rings. The van der Waals surface area contributed by atoms with Gasteiger partial charge in [0.2, 0.25) is 0 Å². The van der Waals surface area contributed by atoms with Crippen LogP contribution in [0.4, 0.5) is 30.2 Å². The highest BCUT2D eigenvalue weighted by molar-refractivity contribution is 6.05. The number of halogens is 3. The maximum atomic E-state index is 13.1. The lowest BCUT2D eigenvalue weighted by molar-refractivity contribution is -0.137. The van der Waals surface area contributed by atoms with Gasteiger partial charge < -0.3 is 24.9 Å². The van der Waals surface area contributed by atoms with E-state index in [2.05, 4.69) is 39.5 Å². The second-order valence-corrected chi connectivity index (χ2v) is 9.80. The molecule has 0 spiro atoms. The number of alkyl halides is 3. The fourth-order valence-electron chi connectivity index (χ4n) is 4.89. The first kappa shape index (κ1) is 27.8. The molecule has 41 heavy (non-hydrogen) atoms. The Morgan fingerprint density at radius 1 is 0.829 bits per heavy atom. The molecular formula is C31H29F3N4O3. The van der Waals surface area contributed by atoms with E-state index in [9.17, 15) is 22.8 Å². The fraction of sp³-hybridized carbons (Fsp3) is 0.226. The SMILES string of the molecule is Cc1ccccc1N1CCN(c2ccc(C(=O)NCc3cccc(C(F)(F)F)c3)cc2NC(=O)c2ccco2)CC1. The lowest BCUT2D eigenvalue weighted by Crippen LogP contribution is -2.47. The molecule has 1 aliphatic heterocycles. The summed E-state index contributed by atoms with van der Waals surface area (Å²) in [7, 11) is 0. The Labute approximate surface area is 235 Å². The van der Waals surface area contributed by atoms with Gasteiger partial charge in [0, 0.05) is 44.0 Å². The Morgan fingerprint density at radius 3 is 2.24 bits per heavy atom. The summed E-state index contributed by atoms with van der Waals surface area (Å²) in [4.78, 5) is 30.3. The second-order valence-electron chi connectivity index (χ2n) is 9.80. The van der Waals surface area contributed by atoms with E-state index in [4.69, 9.17) is 4.42 Å². The first-order chi connectivity index (χ1) is 19.7. The molecule has 0 saturated carbocycles. The number of aryl methyl sites for hydroxylation is 1. The number of para-hydroxylation sites is 1. The number of benzene rings is 3. The summed E-state index contributed by atoms with van der Waals surface area (Å²) >= 11 is 0. The zero-order valence-electron chi connectivity index (χ0n) is 22.4. The van der Waals surface area contributed by atoms with Crippen LogP contribution in [-0.4, -0.2) is 38.0 Å². The zero-order chi connectivity index (χ0) is 29.0. The van der Waals surface area contributed by atoms with Crippen molar-refractivity contribution in [1.29, 1.82) is 0 Å². The third-order valence-corrected chi connectivity index (χ3v) is 7.04. The van der Waals surface area contributed by atoms with E-state index < -0.39 is 23.6 Å². The minimum Gasteiger partial charge on any atom is -0.459 e. The lowest BCUT2D eigenvalue weighted by Gasteiger charge is -2.38. The average molecular weight is 563 g/mol. The number of hydrogen-bond donors (Lipinski definition) is 2. The smallest absolute Gasteiger partial charge is 0.416 e. The first-order valence-electron chi connectivity index (χ1n) is 13.2. The molecule has 0 aliphatic carbocycles. The minimum absolute atomic E-state index is 0.0839. The van der Waals surface area contributed by atoms with Gasteiger partial charge in [-0.05, 0) is 66.6 Å². The summed E-state index contributed by atoms with van der Waals surface area (Å²) in [5.74, 6) is -0.817.